The number of anilines is 1. The first-order chi connectivity index (χ1) is 8.63. The van der Waals surface area contributed by atoms with Crippen LogP contribution >= 0.6 is 11.6 Å². The fourth-order valence-electron chi connectivity index (χ4n) is 2.55. The number of rotatable bonds is 3. The van der Waals surface area contributed by atoms with E-state index >= 15 is 0 Å². The maximum absolute atomic E-state index is 9.45. The van der Waals surface area contributed by atoms with Crippen molar-refractivity contribution in [2.45, 2.75) is 38.3 Å². The topological polar surface area (TPSA) is 49.5 Å². The molecule has 0 saturated carbocycles. The molecule has 0 aliphatic carbocycles. The SMILES string of the molecule is C[C@H](N)c1ccc(N2CCCCC2CO)c(Cl)c1. The van der Waals surface area contributed by atoms with Crippen molar-refractivity contribution < 1.29 is 5.11 Å². The van der Waals surface area contributed by atoms with E-state index in [4.69, 9.17) is 17.3 Å². The number of hydrogen-bond donors (Lipinski definition) is 2. The Morgan fingerprint density at radius 3 is 2.89 bits per heavy atom. The van der Waals surface area contributed by atoms with Crippen LogP contribution in [0.4, 0.5) is 5.69 Å². The van der Waals surface area contributed by atoms with Crippen molar-refractivity contribution >= 4 is 17.3 Å². The number of piperidine rings is 1. The highest BCUT2D eigenvalue weighted by molar-refractivity contribution is 6.33. The summed E-state index contributed by atoms with van der Waals surface area (Å²) in [5, 5.41) is 10.2. The minimum atomic E-state index is -0.00783. The van der Waals surface area contributed by atoms with Crippen molar-refractivity contribution in [2.75, 3.05) is 18.1 Å². The Hall–Kier alpha value is -0.770. The van der Waals surface area contributed by atoms with E-state index in [1.54, 1.807) is 0 Å². The summed E-state index contributed by atoms with van der Waals surface area (Å²) in [7, 11) is 0. The van der Waals surface area contributed by atoms with Crippen LogP contribution in [0.25, 0.3) is 0 Å². The molecule has 100 valence electrons. The van der Waals surface area contributed by atoms with E-state index in [1.165, 1.54) is 6.42 Å². The quantitative estimate of drug-likeness (QED) is 0.886. The molecule has 0 amide bonds. The molecular formula is C14H21ClN2O. The molecule has 1 aromatic carbocycles. The van der Waals surface area contributed by atoms with Gasteiger partial charge < -0.3 is 15.7 Å². The molecule has 2 rings (SSSR count). The molecule has 0 bridgehead atoms. The van der Waals surface area contributed by atoms with E-state index in [-0.39, 0.29) is 18.7 Å². The Morgan fingerprint density at radius 2 is 2.28 bits per heavy atom. The largest absolute Gasteiger partial charge is 0.394 e. The van der Waals surface area contributed by atoms with Crippen LogP contribution in [-0.2, 0) is 0 Å². The third-order valence-corrected chi connectivity index (χ3v) is 3.95. The van der Waals surface area contributed by atoms with Crippen LogP contribution in [0.1, 0.15) is 37.8 Å². The summed E-state index contributed by atoms with van der Waals surface area (Å²) >= 11 is 6.35. The van der Waals surface area contributed by atoms with Crippen molar-refractivity contribution in [1.82, 2.24) is 0 Å². The van der Waals surface area contributed by atoms with Crippen LogP contribution in [0.15, 0.2) is 18.2 Å². The van der Waals surface area contributed by atoms with Gasteiger partial charge >= 0.3 is 0 Å². The van der Waals surface area contributed by atoms with Gasteiger partial charge in [-0.2, -0.15) is 0 Å². The van der Waals surface area contributed by atoms with E-state index < -0.39 is 0 Å². The standard InChI is InChI=1S/C14H21ClN2O/c1-10(16)11-5-6-14(13(15)8-11)17-7-3-2-4-12(17)9-18/h5-6,8,10,12,18H,2-4,7,9,16H2,1H3/t10-,12?/m0/s1. The Bertz CT molecular complexity index is 409. The van der Waals surface area contributed by atoms with Crippen LogP contribution in [0.3, 0.4) is 0 Å². The Labute approximate surface area is 114 Å². The van der Waals surface area contributed by atoms with Gasteiger partial charge in [0.25, 0.3) is 0 Å². The van der Waals surface area contributed by atoms with Gasteiger partial charge in [-0.05, 0) is 43.9 Å². The third kappa shape index (κ3) is 2.79. The predicted molar refractivity (Wildman–Crippen MR) is 76.1 cm³/mol. The lowest BCUT2D eigenvalue weighted by molar-refractivity contribution is 0.240. The van der Waals surface area contributed by atoms with E-state index in [0.29, 0.717) is 0 Å². The minimum Gasteiger partial charge on any atom is -0.394 e. The van der Waals surface area contributed by atoms with E-state index in [2.05, 4.69) is 4.90 Å². The minimum absolute atomic E-state index is 0.00783. The molecule has 1 fully saturated rings. The molecular weight excluding hydrogens is 248 g/mol. The molecule has 18 heavy (non-hydrogen) atoms. The average Bonchev–Trinajstić information content (AvgIpc) is 2.38. The lowest BCUT2D eigenvalue weighted by Gasteiger charge is -2.37. The molecule has 3 nitrogen and oxygen atoms in total. The Morgan fingerprint density at radius 1 is 1.50 bits per heavy atom. The second-order valence-electron chi connectivity index (χ2n) is 5.03. The van der Waals surface area contributed by atoms with Gasteiger partial charge in [0.2, 0.25) is 0 Å². The Balaban J connectivity index is 2.26. The number of halogens is 1. The van der Waals surface area contributed by atoms with Crippen molar-refractivity contribution in [3.8, 4) is 0 Å². The first-order valence-electron chi connectivity index (χ1n) is 6.56. The number of aliphatic hydroxyl groups is 1. The molecule has 3 N–H and O–H groups in total. The second kappa shape index (κ2) is 5.91. The number of nitrogens with zero attached hydrogens (tertiary/aromatic N) is 1. The molecule has 1 unspecified atom stereocenters. The molecule has 1 heterocycles. The van der Waals surface area contributed by atoms with Gasteiger partial charge in [-0.1, -0.05) is 17.7 Å². The van der Waals surface area contributed by atoms with Crippen molar-refractivity contribution in [1.29, 1.82) is 0 Å². The molecule has 1 aromatic rings. The maximum Gasteiger partial charge on any atom is 0.0643 e. The van der Waals surface area contributed by atoms with Gasteiger partial charge in [0.1, 0.15) is 0 Å². The van der Waals surface area contributed by atoms with Crippen molar-refractivity contribution in [2.24, 2.45) is 5.73 Å². The highest BCUT2D eigenvalue weighted by atomic mass is 35.5. The monoisotopic (exact) mass is 268 g/mol. The molecule has 2 atom stereocenters. The normalized spacial score (nSPS) is 22.0. The zero-order valence-electron chi connectivity index (χ0n) is 10.8. The second-order valence-corrected chi connectivity index (χ2v) is 5.43. The van der Waals surface area contributed by atoms with Crippen LogP contribution in [0.5, 0.6) is 0 Å². The van der Waals surface area contributed by atoms with Gasteiger partial charge in [0, 0.05) is 12.6 Å². The van der Waals surface area contributed by atoms with Gasteiger partial charge in [-0.3, -0.25) is 0 Å². The predicted octanol–water partition coefficient (Wildman–Crippen LogP) is 2.71. The van der Waals surface area contributed by atoms with Crippen molar-refractivity contribution in [3.05, 3.63) is 28.8 Å². The Kier molecular flexibility index (Phi) is 4.49. The summed E-state index contributed by atoms with van der Waals surface area (Å²) < 4.78 is 0. The highest BCUT2D eigenvalue weighted by Gasteiger charge is 2.23. The summed E-state index contributed by atoms with van der Waals surface area (Å²) in [4.78, 5) is 2.22. The highest BCUT2D eigenvalue weighted by Crippen LogP contribution is 2.32. The van der Waals surface area contributed by atoms with Crippen LogP contribution in [-0.4, -0.2) is 24.3 Å². The fraction of sp³-hybridized carbons (Fsp3) is 0.571. The lowest BCUT2D eigenvalue weighted by Crippen LogP contribution is -2.42. The van der Waals surface area contributed by atoms with Gasteiger partial charge in [-0.15, -0.1) is 0 Å². The summed E-state index contributed by atoms with van der Waals surface area (Å²) in [5.74, 6) is 0. The van der Waals surface area contributed by atoms with Gasteiger partial charge in [0.15, 0.2) is 0 Å². The van der Waals surface area contributed by atoms with Gasteiger partial charge in [0.05, 0.1) is 23.4 Å². The zero-order chi connectivity index (χ0) is 13.1. The molecule has 0 spiro atoms. The van der Waals surface area contributed by atoms with Crippen LogP contribution in [0, 0.1) is 0 Å². The summed E-state index contributed by atoms with van der Waals surface area (Å²) in [6.45, 7) is 3.09. The van der Waals surface area contributed by atoms with E-state index in [9.17, 15) is 5.11 Å². The summed E-state index contributed by atoms with van der Waals surface area (Å²) in [5.41, 5.74) is 7.91. The maximum atomic E-state index is 9.45. The third-order valence-electron chi connectivity index (χ3n) is 3.64. The van der Waals surface area contributed by atoms with Crippen molar-refractivity contribution in [3.63, 3.8) is 0 Å². The van der Waals surface area contributed by atoms with Crippen LogP contribution < -0.4 is 10.6 Å². The molecule has 1 aliphatic rings. The first kappa shape index (κ1) is 13.7. The molecule has 1 saturated heterocycles. The summed E-state index contributed by atoms with van der Waals surface area (Å²) in [6, 6.07) is 6.16. The van der Waals surface area contributed by atoms with E-state index in [0.717, 1.165) is 35.7 Å². The zero-order valence-corrected chi connectivity index (χ0v) is 11.5. The smallest absolute Gasteiger partial charge is 0.0643 e. The molecule has 1 aliphatic heterocycles. The number of hydrogen-bond acceptors (Lipinski definition) is 3. The number of aliphatic hydroxyl groups excluding tert-OH is 1. The van der Waals surface area contributed by atoms with E-state index in [1.807, 2.05) is 25.1 Å². The number of benzene rings is 1. The first-order valence-corrected chi connectivity index (χ1v) is 6.94. The fourth-order valence-corrected chi connectivity index (χ4v) is 2.84. The lowest BCUT2D eigenvalue weighted by atomic mass is 10.0. The van der Waals surface area contributed by atoms with Crippen LogP contribution in [0.2, 0.25) is 5.02 Å². The number of nitrogens with two attached hydrogens (primary N) is 1. The molecule has 0 radical (unpaired) electrons. The molecule has 4 heteroatoms. The average molecular weight is 269 g/mol. The van der Waals surface area contributed by atoms with Gasteiger partial charge in [-0.25, -0.2) is 0 Å². The summed E-state index contributed by atoms with van der Waals surface area (Å²) in [6.07, 6.45) is 3.36. The molecule has 0 aromatic heterocycles.